The molecule has 2 amide bonds. The molecule has 0 radical (unpaired) electrons. The van der Waals surface area contributed by atoms with Crippen LogP contribution in [0.5, 0.6) is 17.2 Å². The number of ether oxygens (including phenoxy) is 4. The predicted octanol–water partition coefficient (Wildman–Crippen LogP) is 3.37. The van der Waals surface area contributed by atoms with Gasteiger partial charge in [0, 0.05) is 12.5 Å². The van der Waals surface area contributed by atoms with Crippen molar-refractivity contribution in [3.05, 3.63) is 45.6 Å². The summed E-state index contributed by atoms with van der Waals surface area (Å²) in [6.45, 7) is 6.80. The number of carbonyl (C=O) groups excluding carboxylic acids is 3. The average Bonchev–Trinajstić information content (AvgIpc) is 3.22. The third-order valence-corrected chi connectivity index (χ3v) is 7.65. The Bertz CT molecular complexity index is 1390. The Labute approximate surface area is 246 Å². The molecule has 4 unspecified atom stereocenters. The molecular weight excluding hydrogens is 542 g/mol. The van der Waals surface area contributed by atoms with Gasteiger partial charge < -0.3 is 34.9 Å². The van der Waals surface area contributed by atoms with Gasteiger partial charge in [-0.2, -0.15) is 0 Å². The van der Waals surface area contributed by atoms with Crippen LogP contribution >= 0.6 is 0 Å². The van der Waals surface area contributed by atoms with E-state index in [4.69, 9.17) is 18.9 Å². The van der Waals surface area contributed by atoms with Crippen molar-refractivity contribution in [2.75, 3.05) is 33.8 Å². The highest BCUT2D eigenvalue weighted by molar-refractivity contribution is 5.89. The van der Waals surface area contributed by atoms with Gasteiger partial charge in [0.2, 0.25) is 23.0 Å². The van der Waals surface area contributed by atoms with Gasteiger partial charge in [-0.05, 0) is 60.6 Å². The molecule has 0 saturated carbocycles. The van der Waals surface area contributed by atoms with E-state index in [9.17, 15) is 19.2 Å². The lowest BCUT2D eigenvalue weighted by molar-refractivity contribution is -0.146. The molecule has 0 aromatic heterocycles. The highest BCUT2D eigenvalue weighted by Gasteiger charge is 2.31. The van der Waals surface area contributed by atoms with Gasteiger partial charge in [-0.25, -0.2) is 4.79 Å². The Morgan fingerprint density at radius 3 is 2.26 bits per heavy atom. The first-order valence-corrected chi connectivity index (χ1v) is 13.9. The Morgan fingerprint density at radius 1 is 1.00 bits per heavy atom. The minimum Gasteiger partial charge on any atom is -0.493 e. The Kier molecular flexibility index (Phi) is 10.8. The molecule has 1 aliphatic carbocycles. The van der Waals surface area contributed by atoms with Crippen molar-refractivity contribution in [3.63, 3.8) is 0 Å². The van der Waals surface area contributed by atoms with Gasteiger partial charge in [-0.15, -0.1) is 0 Å². The number of fused-ring (bicyclic) bond motifs is 3. The van der Waals surface area contributed by atoms with E-state index in [-0.39, 0.29) is 22.9 Å². The number of benzene rings is 1. The van der Waals surface area contributed by atoms with Crippen molar-refractivity contribution < 1.29 is 33.3 Å². The topological polar surface area (TPSA) is 141 Å². The maximum atomic E-state index is 13.6. The van der Waals surface area contributed by atoms with Crippen molar-refractivity contribution in [3.8, 4) is 28.4 Å². The van der Waals surface area contributed by atoms with Gasteiger partial charge >= 0.3 is 5.97 Å². The summed E-state index contributed by atoms with van der Waals surface area (Å²) in [6, 6.07) is 4.60. The lowest BCUT2D eigenvalue weighted by Gasteiger charge is -2.24. The molecule has 4 atom stereocenters. The highest BCUT2D eigenvalue weighted by Crippen LogP contribution is 2.50. The van der Waals surface area contributed by atoms with E-state index >= 15 is 0 Å². The monoisotopic (exact) mass is 583 g/mol. The van der Waals surface area contributed by atoms with Crippen LogP contribution in [0.1, 0.15) is 57.7 Å². The minimum atomic E-state index is -0.853. The molecule has 0 aliphatic heterocycles. The molecule has 0 spiro atoms. The van der Waals surface area contributed by atoms with Gasteiger partial charge in [0.05, 0.1) is 40.2 Å². The number of hydrogen-bond acceptors (Lipinski definition) is 9. The molecule has 0 fully saturated rings. The van der Waals surface area contributed by atoms with E-state index in [1.807, 2.05) is 19.9 Å². The fourth-order valence-corrected chi connectivity index (χ4v) is 5.20. The van der Waals surface area contributed by atoms with E-state index in [0.717, 1.165) is 11.1 Å². The molecule has 3 N–H and O–H groups in total. The first-order chi connectivity index (χ1) is 20.0. The van der Waals surface area contributed by atoms with Crippen LogP contribution in [0.3, 0.4) is 0 Å². The van der Waals surface area contributed by atoms with Crippen molar-refractivity contribution in [2.24, 2.45) is 5.92 Å². The van der Waals surface area contributed by atoms with Gasteiger partial charge in [0.1, 0.15) is 12.1 Å². The number of carbonyl (C=O) groups is 3. The second-order valence-electron chi connectivity index (χ2n) is 10.4. The summed E-state index contributed by atoms with van der Waals surface area (Å²) < 4.78 is 21.9. The number of amides is 2. The maximum Gasteiger partial charge on any atom is 0.328 e. The Morgan fingerprint density at radius 2 is 1.69 bits per heavy atom. The van der Waals surface area contributed by atoms with Crippen LogP contribution in [0.25, 0.3) is 11.1 Å². The third kappa shape index (κ3) is 6.78. The molecular formula is C31H41N3O8. The molecule has 228 valence electrons. The van der Waals surface area contributed by atoms with Crippen LogP contribution in [-0.4, -0.2) is 58.3 Å². The normalized spacial score (nSPS) is 15.9. The molecule has 11 heteroatoms. The van der Waals surface area contributed by atoms with Crippen LogP contribution in [0, 0.1) is 5.92 Å². The first kappa shape index (κ1) is 32.2. The number of rotatable bonds is 11. The van der Waals surface area contributed by atoms with E-state index in [1.54, 1.807) is 26.2 Å². The molecule has 3 rings (SSSR count). The zero-order valence-electron chi connectivity index (χ0n) is 25.5. The zero-order chi connectivity index (χ0) is 31.1. The third-order valence-electron chi connectivity index (χ3n) is 7.65. The molecule has 0 saturated heterocycles. The number of hydrogen-bond donors (Lipinski definition) is 3. The van der Waals surface area contributed by atoms with E-state index in [1.165, 1.54) is 34.3 Å². The number of methoxy groups -OCH3 is 4. The Hall–Kier alpha value is -4.28. The number of aryl methyl sites for hydroxylation is 1. The standard InChI is InChI=1S/C31H41N3O8/c1-9-16(2)27(31(38)42-8)34-30(37)17(3)32-23-13-11-20-21(15-24(23)36)22(33-18(4)35)12-10-19-14-25(39-5)28(40-6)29(41-7)26(19)20/h11,13-17,22,27H,9-10,12H2,1-8H3,(H,32,36)(H,33,35)(H,34,37). The molecule has 11 nitrogen and oxygen atoms in total. The summed E-state index contributed by atoms with van der Waals surface area (Å²) in [5, 5.41) is 8.71. The zero-order valence-corrected chi connectivity index (χ0v) is 25.5. The molecule has 1 aliphatic rings. The molecule has 0 bridgehead atoms. The van der Waals surface area contributed by atoms with Gasteiger partial charge in [0.25, 0.3) is 0 Å². The second kappa shape index (κ2) is 14.1. The van der Waals surface area contributed by atoms with Gasteiger partial charge in [0.15, 0.2) is 11.5 Å². The lowest BCUT2D eigenvalue weighted by atomic mass is 9.95. The molecule has 2 aromatic carbocycles. The van der Waals surface area contributed by atoms with Crippen LogP contribution in [-0.2, 0) is 25.5 Å². The summed E-state index contributed by atoms with van der Waals surface area (Å²) >= 11 is 0. The van der Waals surface area contributed by atoms with E-state index < -0.39 is 30.0 Å². The van der Waals surface area contributed by atoms with Crippen LogP contribution in [0.15, 0.2) is 29.1 Å². The summed E-state index contributed by atoms with van der Waals surface area (Å²) in [5.41, 5.74) is 2.70. The van der Waals surface area contributed by atoms with Crippen LogP contribution in [0.4, 0.5) is 5.69 Å². The largest absolute Gasteiger partial charge is 0.493 e. The van der Waals surface area contributed by atoms with Gasteiger partial charge in [-0.1, -0.05) is 26.3 Å². The SMILES string of the molecule is CCC(C)C(NC(=O)C(C)Nc1ccc2c(cc1=O)C(NC(C)=O)CCc1cc(OC)c(OC)c(OC)c1-2)C(=O)OC. The number of nitrogens with one attached hydrogen (secondary N) is 3. The predicted molar refractivity (Wildman–Crippen MR) is 159 cm³/mol. The molecule has 42 heavy (non-hydrogen) atoms. The van der Waals surface area contributed by atoms with E-state index in [2.05, 4.69) is 16.0 Å². The first-order valence-electron chi connectivity index (χ1n) is 13.9. The summed E-state index contributed by atoms with van der Waals surface area (Å²) in [6.07, 6.45) is 1.75. The van der Waals surface area contributed by atoms with Gasteiger partial charge in [-0.3, -0.25) is 14.4 Å². The molecule has 0 heterocycles. The van der Waals surface area contributed by atoms with Crippen molar-refractivity contribution in [1.82, 2.24) is 10.6 Å². The summed E-state index contributed by atoms with van der Waals surface area (Å²) in [4.78, 5) is 51.1. The minimum absolute atomic E-state index is 0.148. The summed E-state index contributed by atoms with van der Waals surface area (Å²) in [5.74, 6) is -0.0280. The van der Waals surface area contributed by atoms with Crippen LogP contribution < -0.4 is 35.6 Å². The number of esters is 1. The maximum absolute atomic E-state index is 13.6. The van der Waals surface area contributed by atoms with Crippen LogP contribution in [0.2, 0.25) is 0 Å². The van der Waals surface area contributed by atoms with Crippen molar-refractivity contribution >= 4 is 23.5 Å². The number of anilines is 1. The fraction of sp³-hybridized carbons (Fsp3) is 0.484. The van der Waals surface area contributed by atoms with E-state index in [0.29, 0.717) is 47.6 Å². The van der Waals surface area contributed by atoms with Crippen molar-refractivity contribution in [1.29, 1.82) is 0 Å². The summed E-state index contributed by atoms with van der Waals surface area (Å²) in [7, 11) is 5.87. The Balaban J connectivity index is 2.12. The smallest absolute Gasteiger partial charge is 0.328 e. The van der Waals surface area contributed by atoms with Crippen molar-refractivity contribution in [2.45, 2.75) is 65.1 Å². The molecule has 2 aromatic rings. The fourth-order valence-electron chi connectivity index (χ4n) is 5.20. The quantitative estimate of drug-likeness (QED) is 0.340. The lowest BCUT2D eigenvalue weighted by Crippen LogP contribution is -2.50. The second-order valence-corrected chi connectivity index (χ2v) is 10.4. The average molecular weight is 584 g/mol. The highest BCUT2D eigenvalue weighted by atomic mass is 16.5.